The highest BCUT2D eigenvalue weighted by molar-refractivity contribution is 8.00. The van der Waals surface area contributed by atoms with E-state index in [4.69, 9.17) is 0 Å². The van der Waals surface area contributed by atoms with Crippen molar-refractivity contribution in [2.24, 2.45) is 0 Å². The third-order valence-corrected chi connectivity index (χ3v) is 5.88. The number of alkyl halides is 3. The molecule has 3 aromatic rings. The van der Waals surface area contributed by atoms with Crippen molar-refractivity contribution in [2.75, 3.05) is 5.32 Å². The Bertz CT molecular complexity index is 1220. The van der Waals surface area contributed by atoms with Gasteiger partial charge in [-0.15, -0.1) is 0 Å². The molecule has 1 aromatic carbocycles. The number of imidazole rings is 1. The van der Waals surface area contributed by atoms with Gasteiger partial charge in [0, 0.05) is 10.8 Å². The van der Waals surface area contributed by atoms with Gasteiger partial charge in [0.25, 0.3) is 0 Å². The summed E-state index contributed by atoms with van der Waals surface area (Å²) < 4.78 is 54.9. The van der Waals surface area contributed by atoms with Crippen LogP contribution < -0.4 is 5.32 Å². The van der Waals surface area contributed by atoms with E-state index >= 15 is 0 Å². The lowest BCUT2D eigenvalue weighted by Crippen LogP contribution is -2.10. The normalized spacial score (nSPS) is 20.9. The zero-order valence-corrected chi connectivity index (χ0v) is 16.0. The average Bonchev–Trinajstić information content (AvgIpc) is 3.26. The van der Waals surface area contributed by atoms with Gasteiger partial charge in [0.05, 0.1) is 11.4 Å². The van der Waals surface area contributed by atoms with E-state index in [1.54, 1.807) is 28.8 Å². The number of allylic oxidation sites excluding steroid dienone is 4. The second kappa shape index (κ2) is 6.85. The number of nitrogens with one attached hydrogen (secondary N) is 1. The molecule has 0 saturated heterocycles. The topological polar surface area (TPSA) is 63.0 Å². The van der Waals surface area contributed by atoms with Crippen LogP contribution >= 0.6 is 11.8 Å². The van der Waals surface area contributed by atoms with E-state index in [-0.39, 0.29) is 17.4 Å². The van der Waals surface area contributed by atoms with Crippen LogP contribution in [0.2, 0.25) is 0 Å². The van der Waals surface area contributed by atoms with Crippen molar-refractivity contribution in [3.8, 4) is 5.69 Å². The van der Waals surface area contributed by atoms with Gasteiger partial charge in [-0.2, -0.15) is 13.2 Å². The molecular weight excluding hydrogens is 420 g/mol. The molecule has 0 bridgehead atoms. The number of halogens is 4. The Morgan fingerprint density at radius 1 is 1.17 bits per heavy atom. The second-order valence-corrected chi connectivity index (χ2v) is 8.05. The first kappa shape index (κ1) is 19.1. The maximum Gasteiger partial charge on any atom is 0.433 e. The van der Waals surface area contributed by atoms with Crippen molar-refractivity contribution in [1.82, 2.24) is 14.5 Å². The molecule has 2 unspecified atom stereocenters. The van der Waals surface area contributed by atoms with Gasteiger partial charge in [-0.25, -0.2) is 14.4 Å². The predicted octanol–water partition coefficient (Wildman–Crippen LogP) is 5.13. The minimum atomic E-state index is -4.60. The standard InChI is InChI=1S/C20H14F4N4OS/c21-11-3-1-10(2-4-11)17-25-14-7-8-16(20(22,23)24)27-18(14)28(17)12-5-6-13-15(9-12)30-19(29)26-13/h1,3-10,19,26,29H,2H2. The van der Waals surface area contributed by atoms with Gasteiger partial charge < -0.3 is 10.4 Å². The van der Waals surface area contributed by atoms with E-state index < -0.39 is 17.4 Å². The van der Waals surface area contributed by atoms with Gasteiger partial charge in [0.15, 0.2) is 11.2 Å². The van der Waals surface area contributed by atoms with E-state index in [0.717, 1.165) is 16.6 Å². The van der Waals surface area contributed by atoms with Crippen molar-refractivity contribution >= 4 is 28.6 Å². The molecule has 2 N–H and O–H groups in total. The zero-order chi connectivity index (χ0) is 21.0. The number of nitrogens with zero attached hydrogens (tertiary/aromatic N) is 3. The number of anilines is 1. The summed E-state index contributed by atoms with van der Waals surface area (Å²) in [5, 5.41) is 12.7. The zero-order valence-electron chi connectivity index (χ0n) is 15.2. The lowest BCUT2D eigenvalue weighted by atomic mass is 9.99. The Morgan fingerprint density at radius 3 is 2.73 bits per heavy atom. The second-order valence-electron chi connectivity index (χ2n) is 6.93. The largest absolute Gasteiger partial charge is 0.433 e. The Labute approximate surface area is 172 Å². The van der Waals surface area contributed by atoms with E-state index in [9.17, 15) is 22.7 Å². The number of fused-ring (bicyclic) bond motifs is 2. The molecule has 0 amide bonds. The highest BCUT2D eigenvalue weighted by Crippen LogP contribution is 2.40. The summed E-state index contributed by atoms with van der Waals surface area (Å²) in [4.78, 5) is 9.13. The average molecular weight is 434 g/mol. The van der Waals surface area contributed by atoms with Crippen LogP contribution in [0.4, 0.5) is 23.2 Å². The fourth-order valence-corrected chi connectivity index (χ4v) is 4.44. The Morgan fingerprint density at radius 2 is 2.00 bits per heavy atom. The SMILES string of the molecule is OC1Nc2ccc(-n3c(C4C=CC(F)=CC4)nc4ccc(C(F)(F)F)nc43)cc2S1. The van der Waals surface area contributed by atoms with Gasteiger partial charge in [-0.3, -0.25) is 4.57 Å². The summed E-state index contributed by atoms with van der Waals surface area (Å²) in [5.74, 6) is -0.216. The molecule has 5 nitrogen and oxygen atoms in total. The molecule has 1 aliphatic heterocycles. The number of aliphatic hydroxyl groups excluding tert-OH is 1. The van der Waals surface area contributed by atoms with Crippen LogP contribution in [0.25, 0.3) is 16.9 Å². The summed E-state index contributed by atoms with van der Waals surface area (Å²) in [6, 6.07) is 7.42. The van der Waals surface area contributed by atoms with Crippen molar-refractivity contribution in [3.63, 3.8) is 0 Å². The molecule has 0 saturated carbocycles. The molecule has 0 fully saturated rings. The molecule has 5 rings (SSSR count). The van der Waals surface area contributed by atoms with Crippen molar-refractivity contribution in [1.29, 1.82) is 0 Å². The number of benzene rings is 1. The van der Waals surface area contributed by atoms with E-state index in [1.807, 2.05) is 0 Å². The van der Waals surface area contributed by atoms with Gasteiger partial charge in [0.1, 0.15) is 22.9 Å². The number of thioether (sulfide) groups is 1. The van der Waals surface area contributed by atoms with Crippen LogP contribution in [0, 0.1) is 0 Å². The highest BCUT2D eigenvalue weighted by Gasteiger charge is 2.34. The number of pyridine rings is 1. The summed E-state index contributed by atoms with van der Waals surface area (Å²) in [6.07, 6.45) is 0.123. The molecule has 2 atom stereocenters. The Kier molecular flexibility index (Phi) is 4.37. The third-order valence-electron chi connectivity index (χ3n) is 4.95. The molecule has 3 heterocycles. The lowest BCUT2D eigenvalue weighted by Gasteiger charge is -2.17. The van der Waals surface area contributed by atoms with E-state index in [1.165, 1.54) is 30.0 Å². The first-order valence-corrected chi connectivity index (χ1v) is 9.94. The number of rotatable bonds is 2. The van der Waals surface area contributed by atoms with Crippen LogP contribution in [-0.2, 0) is 6.18 Å². The summed E-state index contributed by atoms with van der Waals surface area (Å²) in [7, 11) is 0. The maximum absolute atomic E-state index is 13.4. The minimum Gasteiger partial charge on any atom is -0.364 e. The van der Waals surface area contributed by atoms with Crippen LogP contribution in [-0.4, -0.2) is 25.2 Å². The molecule has 2 aliphatic rings. The van der Waals surface area contributed by atoms with Crippen LogP contribution in [0.3, 0.4) is 0 Å². The first-order valence-electron chi connectivity index (χ1n) is 9.06. The molecular formula is C20H14F4N4OS. The fraction of sp³-hybridized carbons (Fsp3) is 0.200. The Hall–Kier alpha value is -2.85. The molecule has 0 spiro atoms. The third kappa shape index (κ3) is 3.25. The number of hydrogen-bond acceptors (Lipinski definition) is 5. The molecule has 1 aliphatic carbocycles. The van der Waals surface area contributed by atoms with E-state index in [0.29, 0.717) is 23.4 Å². The maximum atomic E-state index is 13.4. The lowest BCUT2D eigenvalue weighted by molar-refractivity contribution is -0.141. The summed E-state index contributed by atoms with van der Waals surface area (Å²) in [6.45, 7) is 0. The van der Waals surface area contributed by atoms with Crippen LogP contribution in [0.15, 0.2) is 59.3 Å². The monoisotopic (exact) mass is 434 g/mol. The van der Waals surface area contributed by atoms with Crippen LogP contribution in [0.5, 0.6) is 0 Å². The number of aliphatic hydroxyl groups is 1. The number of hydrogen-bond donors (Lipinski definition) is 2. The van der Waals surface area contributed by atoms with Gasteiger partial charge in [0.2, 0.25) is 0 Å². The molecule has 154 valence electrons. The number of aromatic nitrogens is 3. The quantitative estimate of drug-likeness (QED) is 0.548. The predicted molar refractivity (Wildman–Crippen MR) is 105 cm³/mol. The van der Waals surface area contributed by atoms with Crippen LogP contribution in [0.1, 0.15) is 23.9 Å². The molecule has 30 heavy (non-hydrogen) atoms. The summed E-state index contributed by atoms with van der Waals surface area (Å²) >= 11 is 1.19. The van der Waals surface area contributed by atoms with Crippen molar-refractivity contribution < 1.29 is 22.7 Å². The molecule has 0 radical (unpaired) electrons. The fourth-order valence-electron chi connectivity index (χ4n) is 3.57. The molecule has 2 aromatic heterocycles. The molecule has 10 heteroatoms. The van der Waals surface area contributed by atoms with Crippen molar-refractivity contribution in [3.05, 3.63) is 65.9 Å². The van der Waals surface area contributed by atoms with Crippen molar-refractivity contribution in [2.45, 2.75) is 29.0 Å². The van der Waals surface area contributed by atoms with E-state index in [2.05, 4.69) is 15.3 Å². The van der Waals surface area contributed by atoms with Gasteiger partial charge in [-0.05, 0) is 48.9 Å². The smallest absolute Gasteiger partial charge is 0.364 e. The summed E-state index contributed by atoms with van der Waals surface area (Å²) in [5.41, 5.74) is -0.134. The minimum absolute atomic E-state index is 0.0692. The highest BCUT2D eigenvalue weighted by atomic mass is 32.2. The first-order chi connectivity index (χ1) is 14.3. The Balaban J connectivity index is 1.72. The van der Waals surface area contributed by atoms with Gasteiger partial charge in [-0.1, -0.05) is 17.8 Å². The van der Waals surface area contributed by atoms with Gasteiger partial charge >= 0.3 is 6.18 Å².